The van der Waals surface area contributed by atoms with Crippen LogP contribution in [0, 0.1) is 0 Å². The third-order valence-electron chi connectivity index (χ3n) is 3.65. The summed E-state index contributed by atoms with van der Waals surface area (Å²) >= 11 is 0. The molecule has 9 nitrogen and oxygen atoms in total. The lowest BCUT2D eigenvalue weighted by Gasteiger charge is -2.29. The lowest BCUT2D eigenvalue weighted by atomic mass is 10.1. The minimum Gasteiger partial charge on any atom is -0.368 e. The van der Waals surface area contributed by atoms with Crippen molar-refractivity contribution < 1.29 is 33.8 Å². The molecule has 2 aromatic rings. The van der Waals surface area contributed by atoms with Gasteiger partial charge in [0.2, 0.25) is 0 Å². The highest BCUT2D eigenvalue weighted by Crippen LogP contribution is 2.69. The molecular formula is C12H18N2O7P2. The van der Waals surface area contributed by atoms with Crippen molar-refractivity contribution in [3.8, 4) is 0 Å². The molecule has 0 unspecified atom stereocenters. The Balaban J connectivity index is 1.97. The van der Waals surface area contributed by atoms with Gasteiger partial charge in [-0.1, -0.05) is 6.07 Å². The molecule has 0 amide bonds. The lowest BCUT2D eigenvalue weighted by Crippen LogP contribution is -2.28. The van der Waals surface area contributed by atoms with Crippen LogP contribution in [0.5, 0.6) is 0 Å². The van der Waals surface area contributed by atoms with Crippen LogP contribution >= 0.6 is 15.2 Å². The van der Waals surface area contributed by atoms with Gasteiger partial charge in [-0.05, 0) is 43.4 Å². The molecule has 1 aromatic heterocycles. The van der Waals surface area contributed by atoms with Crippen LogP contribution in [0.3, 0.4) is 0 Å². The van der Waals surface area contributed by atoms with Crippen LogP contribution in [0.25, 0.3) is 11.0 Å². The summed E-state index contributed by atoms with van der Waals surface area (Å²) in [7, 11) is -10.7. The minimum absolute atomic E-state index is 0.0469. The Morgan fingerprint density at radius 1 is 1.09 bits per heavy atom. The molecule has 1 aromatic carbocycles. The molecule has 11 heteroatoms. The highest BCUT2D eigenvalue weighted by atomic mass is 31.2. The van der Waals surface area contributed by atoms with Gasteiger partial charge in [-0.15, -0.1) is 0 Å². The molecule has 2 rings (SSSR count). The number of imidazole rings is 1. The number of unbranched alkanes of at least 4 members (excludes halogenated alkanes) is 1. The van der Waals surface area contributed by atoms with Crippen LogP contribution in [-0.2, 0) is 15.6 Å². The molecule has 23 heavy (non-hydrogen) atoms. The summed E-state index contributed by atoms with van der Waals surface area (Å²) in [5.74, 6) is 0. The van der Waals surface area contributed by atoms with Gasteiger partial charge in [-0.2, -0.15) is 0 Å². The van der Waals surface area contributed by atoms with Crippen molar-refractivity contribution in [1.82, 2.24) is 9.97 Å². The van der Waals surface area contributed by atoms with Crippen LogP contribution in [0.4, 0.5) is 0 Å². The molecule has 0 aliphatic heterocycles. The first-order chi connectivity index (χ1) is 10.5. The summed E-state index contributed by atoms with van der Waals surface area (Å²) in [6.07, 6.45) is 1.85. The lowest BCUT2D eigenvalue weighted by molar-refractivity contribution is 0.120. The molecule has 0 saturated heterocycles. The summed E-state index contributed by atoms with van der Waals surface area (Å²) in [5.41, 5.74) is 2.59. The monoisotopic (exact) mass is 364 g/mol. The number of nitrogens with zero attached hydrogens (tertiary/aromatic N) is 1. The molecule has 0 bridgehead atoms. The summed E-state index contributed by atoms with van der Waals surface area (Å²) in [6.45, 7) is 0. The van der Waals surface area contributed by atoms with Crippen LogP contribution < -0.4 is 0 Å². The number of aliphatic hydroxyl groups is 1. The second-order valence-corrected chi connectivity index (χ2v) is 9.33. The van der Waals surface area contributed by atoms with Crippen molar-refractivity contribution >= 4 is 26.2 Å². The zero-order valence-electron chi connectivity index (χ0n) is 12.0. The first-order valence-electron chi connectivity index (χ1n) is 6.80. The van der Waals surface area contributed by atoms with Crippen molar-refractivity contribution in [1.29, 1.82) is 0 Å². The number of H-pyrrole nitrogens is 1. The highest BCUT2D eigenvalue weighted by molar-refractivity contribution is 7.72. The number of rotatable bonds is 7. The van der Waals surface area contributed by atoms with Crippen LogP contribution in [0.1, 0.15) is 24.8 Å². The van der Waals surface area contributed by atoms with Gasteiger partial charge in [0, 0.05) is 0 Å². The Morgan fingerprint density at radius 2 is 1.74 bits per heavy atom. The van der Waals surface area contributed by atoms with Crippen molar-refractivity contribution in [2.24, 2.45) is 0 Å². The first-order valence-corrected chi connectivity index (χ1v) is 10.0. The average molecular weight is 364 g/mol. The maximum Gasteiger partial charge on any atom is 0.369 e. The number of hydrogen-bond donors (Lipinski definition) is 6. The van der Waals surface area contributed by atoms with Gasteiger partial charge < -0.3 is 29.7 Å². The highest BCUT2D eigenvalue weighted by Gasteiger charge is 2.58. The van der Waals surface area contributed by atoms with E-state index < -0.39 is 26.7 Å². The van der Waals surface area contributed by atoms with Crippen molar-refractivity contribution in [3.63, 3.8) is 0 Å². The standard InChI is InChI=1S/C12H18N2O7P2/c15-12(22(16,17)18,23(19,20)21)6-2-1-3-9-4-5-10-11(7-9)14-8-13-10/h4-5,7-8,15H,1-3,6H2,(H,13,14)(H2,16,17,18)(H2,19,20,21). The summed E-state index contributed by atoms with van der Waals surface area (Å²) in [4.78, 5) is 43.2. The molecule has 0 aliphatic rings. The van der Waals surface area contributed by atoms with Crippen molar-refractivity contribution in [2.75, 3.05) is 0 Å². The zero-order valence-corrected chi connectivity index (χ0v) is 13.8. The fourth-order valence-corrected chi connectivity index (χ4v) is 4.54. The van der Waals surface area contributed by atoms with Crippen LogP contribution in [0.2, 0.25) is 0 Å². The van der Waals surface area contributed by atoms with Crippen LogP contribution in [0.15, 0.2) is 24.5 Å². The Bertz CT molecular complexity index is 757. The number of benzene rings is 1. The number of aryl methyl sites for hydroxylation is 1. The molecule has 0 spiro atoms. The summed E-state index contributed by atoms with van der Waals surface area (Å²) in [6, 6.07) is 5.56. The predicted molar refractivity (Wildman–Crippen MR) is 82.7 cm³/mol. The second kappa shape index (κ2) is 6.45. The molecular weight excluding hydrogens is 346 g/mol. The largest absolute Gasteiger partial charge is 0.369 e. The number of fused-ring (bicyclic) bond motifs is 1. The fraction of sp³-hybridized carbons (Fsp3) is 0.417. The topological polar surface area (TPSA) is 164 Å². The molecule has 0 aliphatic carbocycles. The van der Waals surface area contributed by atoms with Gasteiger partial charge in [-0.25, -0.2) is 4.98 Å². The molecule has 0 saturated carbocycles. The van der Waals surface area contributed by atoms with Gasteiger partial charge in [-0.3, -0.25) is 9.13 Å². The number of nitrogens with one attached hydrogen (secondary N) is 1. The number of aromatic amines is 1. The van der Waals surface area contributed by atoms with E-state index in [0.29, 0.717) is 12.8 Å². The fourth-order valence-electron chi connectivity index (χ4n) is 2.29. The zero-order chi connectivity index (χ0) is 17.3. The average Bonchev–Trinajstić information content (AvgIpc) is 2.88. The maximum absolute atomic E-state index is 11.2. The van der Waals surface area contributed by atoms with Gasteiger partial charge >= 0.3 is 15.2 Å². The molecule has 0 atom stereocenters. The molecule has 0 fully saturated rings. The predicted octanol–water partition coefficient (Wildman–Crippen LogP) is 1.28. The van der Waals surface area contributed by atoms with E-state index >= 15 is 0 Å². The smallest absolute Gasteiger partial charge is 0.368 e. The number of aromatic nitrogens is 2. The summed E-state index contributed by atoms with van der Waals surface area (Å²) in [5, 5.41) is 6.43. The Kier molecular flexibility index (Phi) is 5.13. The van der Waals surface area contributed by atoms with E-state index in [-0.39, 0.29) is 6.42 Å². The Morgan fingerprint density at radius 3 is 2.35 bits per heavy atom. The first kappa shape index (κ1) is 18.3. The van der Waals surface area contributed by atoms with Crippen molar-refractivity contribution in [2.45, 2.75) is 30.8 Å². The molecule has 128 valence electrons. The van der Waals surface area contributed by atoms with E-state index in [0.717, 1.165) is 16.6 Å². The van der Waals surface area contributed by atoms with E-state index in [4.69, 9.17) is 19.6 Å². The van der Waals surface area contributed by atoms with E-state index in [2.05, 4.69) is 9.97 Å². The Labute approximate surface area is 131 Å². The Hall–Kier alpha value is -1.05. The SMILES string of the molecule is O=P(O)(O)C(O)(CCCCc1ccc2[nH]cnc2c1)P(=O)(O)O. The van der Waals surface area contributed by atoms with E-state index in [9.17, 15) is 14.2 Å². The van der Waals surface area contributed by atoms with Crippen LogP contribution in [-0.4, -0.2) is 39.7 Å². The summed E-state index contributed by atoms with van der Waals surface area (Å²) < 4.78 is 22.4. The van der Waals surface area contributed by atoms with Gasteiger partial charge in [0.15, 0.2) is 0 Å². The normalized spacial score (nSPS) is 13.6. The van der Waals surface area contributed by atoms with Crippen molar-refractivity contribution in [3.05, 3.63) is 30.1 Å². The number of hydrogen-bond acceptors (Lipinski definition) is 4. The quantitative estimate of drug-likeness (QED) is 0.316. The van der Waals surface area contributed by atoms with E-state index in [1.165, 1.54) is 0 Å². The second-order valence-electron chi connectivity index (χ2n) is 5.32. The minimum atomic E-state index is -5.37. The molecule has 1 heterocycles. The molecule has 6 N–H and O–H groups in total. The van der Waals surface area contributed by atoms with Gasteiger partial charge in [0.1, 0.15) is 0 Å². The van der Waals surface area contributed by atoms with Gasteiger partial charge in [0.05, 0.1) is 17.4 Å². The van der Waals surface area contributed by atoms with E-state index in [1.807, 2.05) is 18.2 Å². The van der Waals surface area contributed by atoms with E-state index in [1.54, 1.807) is 6.33 Å². The van der Waals surface area contributed by atoms with Gasteiger partial charge in [0.25, 0.3) is 5.08 Å². The maximum atomic E-state index is 11.2. The third kappa shape index (κ3) is 3.89. The molecule has 0 radical (unpaired) electrons. The third-order valence-corrected chi connectivity index (χ3v) is 7.52.